The summed E-state index contributed by atoms with van der Waals surface area (Å²) < 4.78 is 23.6. The number of sulfone groups is 1. The standard InChI is InChI=1S/C12H23NO2S/c1-11(2)10(5-8-16(11,14)15)12(9-13)6-3-4-7-12/h10H,3-9,13H2,1-2H3. The highest BCUT2D eigenvalue weighted by Crippen LogP contribution is 2.54. The van der Waals surface area contributed by atoms with Crippen molar-refractivity contribution in [3.8, 4) is 0 Å². The van der Waals surface area contributed by atoms with Crippen molar-refractivity contribution in [2.45, 2.75) is 50.7 Å². The minimum Gasteiger partial charge on any atom is -0.330 e. The first-order valence-corrected chi connectivity index (χ1v) is 7.93. The Bertz CT molecular complexity index is 366. The van der Waals surface area contributed by atoms with Crippen molar-refractivity contribution in [1.82, 2.24) is 0 Å². The SMILES string of the molecule is CC1(C)C(C2(CN)CCCC2)CCS1(=O)=O. The molecule has 1 aliphatic heterocycles. The second-order valence-electron chi connectivity index (χ2n) is 6.04. The fourth-order valence-electron chi connectivity index (χ4n) is 3.92. The fourth-order valence-corrected chi connectivity index (χ4v) is 5.79. The summed E-state index contributed by atoms with van der Waals surface area (Å²) in [5.41, 5.74) is 6.07. The summed E-state index contributed by atoms with van der Waals surface area (Å²) in [7, 11) is -2.91. The first kappa shape index (κ1) is 12.4. The van der Waals surface area contributed by atoms with Crippen molar-refractivity contribution in [3.05, 3.63) is 0 Å². The highest BCUT2D eigenvalue weighted by molar-refractivity contribution is 7.93. The van der Waals surface area contributed by atoms with Gasteiger partial charge in [-0.2, -0.15) is 0 Å². The summed E-state index contributed by atoms with van der Waals surface area (Å²) in [6.07, 6.45) is 5.47. The van der Waals surface area contributed by atoms with Crippen molar-refractivity contribution >= 4 is 9.84 Å². The van der Waals surface area contributed by atoms with Crippen LogP contribution in [0, 0.1) is 11.3 Å². The zero-order valence-electron chi connectivity index (χ0n) is 10.3. The average molecular weight is 245 g/mol. The molecule has 1 saturated heterocycles. The molecule has 0 amide bonds. The highest BCUT2D eigenvalue weighted by atomic mass is 32.2. The Labute approximate surface area is 98.7 Å². The van der Waals surface area contributed by atoms with Gasteiger partial charge in [-0.25, -0.2) is 8.42 Å². The van der Waals surface area contributed by atoms with Crippen LogP contribution in [0.1, 0.15) is 46.0 Å². The van der Waals surface area contributed by atoms with Crippen LogP contribution >= 0.6 is 0 Å². The van der Waals surface area contributed by atoms with Gasteiger partial charge >= 0.3 is 0 Å². The van der Waals surface area contributed by atoms with Crippen LogP contribution in [-0.2, 0) is 9.84 Å². The van der Waals surface area contributed by atoms with Crippen molar-refractivity contribution in [2.24, 2.45) is 17.1 Å². The Kier molecular flexibility index (Phi) is 2.86. The van der Waals surface area contributed by atoms with E-state index in [-0.39, 0.29) is 11.3 Å². The third-order valence-electron chi connectivity index (χ3n) is 5.06. The van der Waals surface area contributed by atoms with E-state index in [4.69, 9.17) is 5.73 Å². The molecule has 94 valence electrons. The van der Waals surface area contributed by atoms with Crippen molar-refractivity contribution in [3.63, 3.8) is 0 Å². The largest absolute Gasteiger partial charge is 0.330 e. The first-order chi connectivity index (χ1) is 7.36. The van der Waals surface area contributed by atoms with Gasteiger partial charge in [0, 0.05) is 0 Å². The monoisotopic (exact) mass is 245 g/mol. The number of rotatable bonds is 2. The van der Waals surface area contributed by atoms with E-state index >= 15 is 0 Å². The molecule has 1 aliphatic carbocycles. The first-order valence-electron chi connectivity index (χ1n) is 6.28. The zero-order chi connectivity index (χ0) is 12.0. The van der Waals surface area contributed by atoms with Crippen LogP contribution in [0.15, 0.2) is 0 Å². The quantitative estimate of drug-likeness (QED) is 0.806. The number of nitrogens with two attached hydrogens (primary N) is 1. The molecule has 3 nitrogen and oxygen atoms in total. The Morgan fingerprint density at radius 2 is 1.81 bits per heavy atom. The van der Waals surface area contributed by atoms with Gasteiger partial charge in [0.1, 0.15) is 0 Å². The minimum atomic E-state index is -2.91. The number of hydrogen-bond acceptors (Lipinski definition) is 3. The van der Waals surface area contributed by atoms with Crippen LogP contribution in [-0.4, -0.2) is 25.5 Å². The van der Waals surface area contributed by atoms with Crippen LogP contribution < -0.4 is 5.73 Å². The van der Waals surface area contributed by atoms with E-state index in [1.807, 2.05) is 13.8 Å². The van der Waals surface area contributed by atoms with E-state index < -0.39 is 14.6 Å². The third-order valence-corrected chi connectivity index (χ3v) is 7.72. The van der Waals surface area contributed by atoms with Gasteiger partial charge in [-0.05, 0) is 51.0 Å². The van der Waals surface area contributed by atoms with Gasteiger partial charge in [0.15, 0.2) is 9.84 Å². The smallest absolute Gasteiger partial charge is 0.155 e. The maximum absolute atomic E-state index is 12.1. The van der Waals surface area contributed by atoms with Gasteiger partial charge in [0.05, 0.1) is 10.5 Å². The Balaban J connectivity index is 2.35. The zero-order valence-corrected chi connectivity index (χ0v) is 11.1. The summed E-state index contributed by atoms with van der Waals surface area (Å²) in [6, 6.07) is 0. The summed E-state index contributed by atoms with van der Waals surface area (Å²) in [5.74, 6) is 0.615. The Hall–Kier alpha value is -0.0900. The maximum Gasteiger partial charge on any atom is 0.155 e. The van der Waals surface area contributed by atoms with E-state index in [2.05, 4.69) is 0 Å². The molecule has 4 heteroatoms. The third kappa shape index (κ3) is 1.53. The summed E-state index contributed by atoms with van der Waals surface area (Å²) in [6.45, 7) is 4.45. The van der Waals surface area contributed by atoms with Crippen LogP contribution in [0.2, 0.25) is 0 Å². The van der Waals surface area contributed by atoms with E-state index in [1.165, 1.54) is 12.8 Å². The molecular weight excluding hydrogens is 222 g/mol. The Morgan fingerprint density at radius 1 is 1.25 bits per heavy atom. The fraction of sp³-hybridized carbons (Fsp3) is 1.00. The highest BCUT2D eigenvalue weighted by Gasteiger charge is 2.56. The van der Waals surface area contributed by atoms with Gasteiger partial charge in [-0.1, -0.05) is 12.8 Å². The molecule has 2 fully saturated rings. The lowest BCUT2D eigenvalue weighted by Gasteiger charge is -2.41. The van der Waals surface area contributed by atoms with E-state index in [9.17, 15) is 8.42 Å². The predicted molar refractivity (Wildman–Crippen MR) is 65.9 cm³/mol. The van der Waals surface area contributed by atoms with Crippen LogP contribution in [0.25, 0.3) is 0 Å². The second kappa shape index (κ2) is 3.70. The van der Waals surface area contributed by atoms with Crippen molar-refractivity contribution < 1.29 is 8.42 Å². The van der Waals surface area contributed by atoms with Gasteiger partial charge in [0.25, 0.3) is 0 Å². The van der Waals surface area contributed by atoms with E-state index in [0.717, 1.165) is 19.3 Å². The molecule has 0 spiro atoms. The summed E-state index contributed by atoms with van der Waals surface area (Å²) in [4.78, 5) is 0. The molecule has 1 saturated carbocycles. The van der Waals surface area contributed by atoms with E-state index in [0.29, 0.717) is 12.3 Å². The molecular formula is C12H23NO2S. The molecule has 0 aromatic carbocycles. The van der Waals surface area contributed by atoms with Crippen LogP contribution in [0.4, 0.5) is 0 Å². The van der Waals surface area contributed by atoms with Crippen LogP contribution in [0.5, 0.6) is 0 Å². The van der Waals surface area contributed by atoms with Gasteiger partial charge in [-0.3, -0.25) is 0 Å². The molecule has 2 N–H and O–H groups in total. The lowest BCUT2D eigenvalue weighted by molar-refractivity contribution is 0.146. The maximum atomic E-state index is 12.1. The molecule has 16 heavy (non-hydrogen) atoms. The molecule has 1 atom stereocenters. The predicted octanol–water partition coefficient (Wildman–Crippen LogP) is 1.72. The van der Waals surface area contributed by atoms with E-state index in [1.54, 1.807) is 0 Å². The summed E-state index contributed by atoms with van der Waals surface area (Å²) >= 11 is 0. The molecule has 1 heterocycles. The topological polar surface area (TPSA) is 60.2 Å². The van der Waals surface area contributed by atoms with Crippen molar-refractivity contribution in [1.29, 1.82) is 0 Å². The average Bonchev–Trinajstić information content (AvgIpc) is 2.73. The molecule has 0 radical (unpaired) electrons. The van der Waals surface area contributed by atoms with Gasteiger partial charge in [0.2, 0.25) is 0 Å². The Morgan fingerprint density at radius 3 is 2.19 bits per heavy atom. The lowest BCUT2D eigenvalue weighted by atomic mass is 9.67. The van der Waals surface area contributed by atoms with Crippen molar-refractivity contribution in [2.75, 3.05) is 12.3 Å². The molecule has 0 aromatic heterocycles. The molecule has 0 bridgehead atoms. The minimum absolute atomic E-state index is 0.104. The number of hydrogen-bond donors (Lipinski definition) is 1. The normalized spacial score (nSPS) is 35.3. The molecule has 2 rings (SSSR count). The van der Waals surface area contributed by atoms with Gasteiger partial charge in [-0.15, -0.1) is 0 Å². The molecule has 0 aromatic rings. The lowest BCUT2D eigenvalue weighted by Crippen LogP contribution is -2.46. The van der Waals surface area contributed by atoms with Gasteiger partial charge < -0.3 is 5.73 Å². The summed E-state index contributed by atoms with van der Waals surface area (Å²) in [5, 5.41) is 0. The van der Waals surface area contributed by atoms with Crippen LogP contribution in [0.3, 0.4) is 0 Å². The second-order valence-corrected chi connectivity index (χ2v) is 8.73. The molecule has 2 aliphatic rings. The molecule has 1 unspecified atom stereocenters.